The van der Waals surface area contributed by atoms with Gasteiger partial charge in [-0.2, -0.15) is 0 Å². The highest BCUT2D eigenvalue weighted by Crippen LogP contribution is 2.19. The predicted molar refractivity (Wildman–Crippen MR) is 83.1 cm³/mol. The molecule has 0 aliphatic rings. The van der Waals surface area contributed by atoms with Crippen molar-refractivity contribution >= 4 is 17.3 Å². The molecule has 2 aromatic carbocycles. The number of hydrogen-bond donors (Lipinski definition) is 1. The standard InChI is InChI=1S/C17H15FN2O/c1-4-12-6-5-7-14(10-12)19-17(21)13-8-9-16(20(2)3)15(18)11-13/h1,5-11H,2-3H3,(H,19,21). The first-order valence-electron chi connectivity index (χ1n) is 6.36. The Kier molecular flexibility index (Phi) is 4.24. The third-order valence-electron chi connectivity index (χ3n) is 2.98. The van der Waals surface area contributed by atoms with Gasteiger partial charge in [0.2, 0.25) is 0 Å². The van der Waals surface area contributed by atoms with Gasteiger partial charge in [-0.05, 0) is 36.4 Å². The summed E-state index contributed by atoms with van der Waals surface area (Å²) >= 11 is 0. The molecule has 0 saturated heterocycles. The summed E-state index contributed by atoms with van der Waals surface area (Å²) in [7, 11) is 3.48. The van der Waals surface area contributed by atoms with Crippen molar-refractivity contribution in [1.29, 1.82) is 0 Å². The number of benzene rings is 2. The smallest absolute Gasteiger partial charge is 0.255 e. The van der Waals surface area contributed by atoms with Gasteiger partial charge in [-0.15, -0.1) is 6.42 Å². The van der Waals surface area contributed by atoms with Crippen LogP contribution in [-0.2, 0) is 0 Å². The van der Waals surface area contributed by atoms with Crippen LogP contribution in [0.2, 0.25) is 0 Å². The van der Waals surface area contributed by atoms with E-state index in [0.717, 1.165) is 0 Å². The van der Waals surface area contributed by atoms with E-state index in [1.54, 1.807) is 55.4 Å². The highest BCUT2D eigenvalue weighted by Gasteiger charge is 2.11. The fourth-order valence-electron chi connectivity index (χ4n) is 1.90. The number of terminal acetylenes is 1. The molecule has 0 aliphatic carbocycles. The van der Waals surface area contributed by atoms with Crippen LogP contribution >= 0.6 is 0 Å². The van der Waals surface area contributed by atoms with Gasteiger partial charge in [-0.3, -0.25) is 4.79 Å². The van der Waals surface area contributed by atoms with E-state index in [1.807, 2.05) is 0 Å². The van der Waals surface area contributed by atoms with Crippen molar-refractivity contribution in [2.24, 2.45) is 0 Å². The maximum Gasteiger partial charge on any atom is 0.255 e. The molecule has 0 aromatic heterocycles. The summed E-state index contributed by atoms with van der Waals surface area (Å²) in [4.78, 5) is 13.8. The van der Waals surface area contributed by atoms with Crippen molar-refractivity contribution in [3.05, 3.63) is 59.4 Å². The summed E-state index contributed by atoms with van der Waals surface area (Å²) in [6.45, 7) is 0. The van der Waals surface area contributed by atoms with Gasteiger partial charge in [0, 0.05) is 30.9 Å². The molecule has 0 atom stereocenters. The minimum Gasteiger partial charge on any atom is -0.375 e. The van der Waals surface area contributed by atoms with Crippen LogP contribution in [0.5, 0.6) is 0 Å². The summed E-state index contributed by atoms with van der Waals surface area (Å²) < 4.78 is 13.9. The summed E-state index contributed by atoms with van der Waals surface area (Å²) in [5.74, 6) is 1.67. The molecule has 1 amide bonds. The van der Waals surface area contributed by atoms with Crippen LogP contribution in [0.15, 0.2) is 42.5 Å². The van der Waals surface area contributed by atoms with Crippen LogP contribution in [0.1, 0.15) is 15.9 Å². The third-order valence-corrected chi connectivity index (χ3v) is 2.98. The molecule has 0 radical (unpaired) electrons. The first-order valence-corrected chi connectivity index (χ1v) is 6.36. The van der Waals surface area contributed by atoms with Crippen molar-refractivity contribution in [3.8, 4) is 12.3 Å². The van der Waals surface area contributed by atoms with Gasteiger partial charge in [-0.25, -0.2) is 4.39 Å². The van der Waals surface area contributed by atoms with Crippen LogP contribution in [0.4, 0.5) is 15.8 Å². The van der Waals surface area contributed by atoms with Crippen molar-refractivity contribution in [2.45, 2.75) is 0 Å². The molecule has 4 heteroatoms. The molecule has 0 fully saturated rings. The van der Waals surface area contributed by atoms with Crippen LogP contribution in [-0.4, -0.2) is 20.0 Å². The van der Waals surface area contributed by atoms with E-state index in [1.165, 1.54) is 6.07 Å². The average Bonchev–Trinajstić information content (AvgIpc) is 2.46. The van der Waals surface area contributed by atoms with Crippen molar-refractivity contribution < 1.29 is 9.18 Å². The number of nitrogens with one attached hydrogen (secondary N) is 1. The molecular weight excluding hydrogens is 267 g/mol. The Morgan fingerprint density at radius 3 is 2.62 bits per heavy atom. The minimum absolute atomic E-state index is 0.254. The second-order valence-electron chi connectivity index (χ2n) is 4.74. The largest absolute Gasteiger partial charge is 0.375 e. The first-order chi connectivity index (χ1) is 10.0. The van der Waals surface area contributed by atoms with Gasteiger partial charge in [0.1, 0.15) is 5.82 Å². The van der Waals surface area contributed by atoms with Gasteiger partial charge in [0.05, 0.1) is 5.69 Å². The lowest BCUT2D eigenvalue weighted by Gasteiger charge is -2.14. The molecule has 0 saturated carbocycles. The maximum absolute atomic E-state index is 13.9. The van der Waals surface area contributed by atoms with E-state index >= 15 is 0 Å². The Bertz CT molecular complexity index is 717. The lowest BCUT2D eigenvalue weighted by molar-refractivity contribution is 0.102. The number of rotatable bonds is 3. The topological polar surface area (TPSA) is 32.3 Å². The van der Waals surface area contributed by atoms with Gasteiger partial charge in [-0.1, -0.05) is 12.0 Å². The summed E-state index contributed by atoms with van der Waals surface area (Å²) in [5.41, 5.74) is 1.93. The molecule has 0 bridgehead atoms. The average molecular weight is 282 g/mol. The quantitative estimate of drug-likeness (QED) is 0.877. The van der Waals surface area contributed by atoms with Crippen LogP contribution < -0.4 is 10.2 Å². The molecule has 3 nitrogen and oxygen atoms in total. The number of amides is 1. The molecule has 2 rings (SSSR count). The fourth-order valence-corrected chi connectivity index (χ4v) is 1.90. The summed E-state index contributed by atoms with van der Waals surface area (Å²) in [5, 5.41) is 2.69. The minimum atomic E-state index is -0.440. The van der Waals surface area contributed by atoms with Gasteiger partial charge in [0.15, 0.2) is 0 Å². The molecule has 106 valence electrons. The number of nitrogens with zero attached hydrogens (tertiary/aromatic N) is 1. The van der Waals surface area contributed by atoms with E-state index in [0.29, 0.717) is 16.9 Å². The Labute approximate surface area is 123 Å². The fraction of sp³-hybridized carbons (Fsp3) is 0.118. The zero-order chi connectivity index (χ0) is 15.4. The normalized spacial score (nSPS) is 9.81. The van der Waals surface area contributed by atoms with Crippen molar-refractivity contribution in [2.75, 3.05) is 24.3 Å². The van der Waals surface area contributed by atoms with E-state index in [2.05, 4.69) is 11.2 Å². The Hall–Kier alpha value is -2.80. The Morgan fingerprint density at radius 2 is 2.00 bits per heavy atom. The van der Waals surface area contributed by atoms with E-state index in [-0.39, 0.29) is 11.5 Å². The van der Waals surface area contributed by atoms with Gasteiger partial charge < -0.3 is 10.2 Å². The lowest BCUT2D eigenvalue weighted by Crippen LogP contribution is -2.14. The van der Waals surface area contributed by atoms with Crippen LogP contribution in [0.25, 0.3) is 0 Å². The molecule has 1 N–H and O–H groups in total. The lowest BCUT2D eigenvalue weighted by atomic mass is 10.1. The monoisotopic (exact) mass is 282 g/mol. The predicted octanol–water partition coefficient (Wildman–Crippen LogP) is 3.13. The molecule has 21 heavy (non-hydrogen) atoms. The zero-order valence-corrected chi connectivity index (χ0v) is 11.9. The summed E-state index contributed by atoms with van der Waals surface area (Å²) in [6.07, 6.45) is 5.31. The number of anilines is 2. The zero-order valence-electron chi connectivity index (χ0n) is 11.9. The van der Waals surface area contributed by atoms with E-state index in [4.69, 9.17) is 6.42 Å². The number of hydrogen-bond acceptors (Lipinski definition) is 2. The molecule has 0 heterocycles. The third kappa shape index (κ3) is 3.40. The molecule has 0 spiro atoms. The molecular formula is C17H15FN2O. The first kappa shape index (κ1) is 14.6. The number of halogens is 1. The number of carbonyl (C=O) groups excluding carboxylic acids is 1. The van der Waals surface area contributed by atoms with Crippen LogP contribution in [0.3, 0.4) is 0 Å². The molecule has 2 aromatic rings. The summed E-state index contributed by atoms with van der Waals surface area (Å²) in [6, 6.07) is 11.3. The Balaban J connectivity index is 2.21. The van der Waals surface area contributed by atoms with E-state index < -0.39 is 5.82 Å². The SMILES string of the molecule is C#Cc1cccc(NC(=O)c2ccc(N(C)C)c(F)c2)c1. The molecule has 0 aliphatic heterocycles. The second kappa shape index (κ2) is 6.10. The number of carbonyl (C=O) groups is 1. The maximum atomic E-state index is 13.9. The van der Waals surface area contributed by atoms with Gasteiger partial charge >= 0.3 is 0 Å². The van der Waals surface area contributed by atoms with E-state index in [9.17, 15) is 9.18 Å². The van der Waals surface area contributed by atoms with Gasteiger partial charge in [0.25, 0.3) is 5.91 Å². The molecule has 0 unspecified atom stereocenters. The van der Waals surface area contributed by atoms with Crippen molar-refractivity contribution in [1.82, 2.24) is 0 Å². The second-order valence-corrected chi connectivity index (χ2v) is 4.74. The Morgan fingerprint density at radius 1 is 1.24 bits per heavy atom. The van der Waals surface area contributed by atoms with Crippen molar-refractivity contribution in [3.63, 3.8) is 0 Å². The highest BCUT2D eigenvalue weighted by atomic mass is 19.1. The highest BCUT2D eigenvalue weighted by molar-refractivity contribution is 6.04. The van der Waals surface area contributed by atoms with Crippen LogP contribution in [0, 0.1) is 18.2 Å².